The van der Waals surface area contributed by atoms with Crippen LogP contribution in [-0.4, -0.2) is 22.6 Å². The highest BCUT2D eigenvalue weighted by molar-refractivity contribution is 5.41. The summed E-state index contributed by atoms with van der Waals surface area (Å²) in [7, 11) is 0. The zero-order chi connectivity index (χ0) is 10.8. The van der Waals surface area contributed by atoms with Crippen LogP contribution in [-0.2, 0) is 0 Å². The van der Waals surface area contributed by atoms with E-state index in [1.54, 1.807) is 0 Å². The first kappa shape index (κ1) is 9.21. The maximum atomic E-state index is 4.38. The molecule has 0 saturated carbocycles. The molecule has 3 nitrogen and oxygen atoms in total. The molecular weight excluding hydrogens is 198 g/mol. The quantitative estimate of drug-likeness (QED) is 0.747. The van der Waals surface area contributed by atoms with Crippen molar-refractivity contribution in [2.24, 2.45) is 0 Å². The van der Waals surface area contributed by atoms with E-state index in [1.165, 1.54) is 0 Å². The van der Waals surface area contributed by atoms with Gasteiger partial charge in [0, 0.05) is 12.4 Å². The molecular formula is C13H13N3. The molecule has 0 unspecified atom stereocenters. The van der Waals surface area contributed by atoms with E-state index in [2.05, 4.69) is 51.6 Å². The number of aromatic nitrogens is 1. The molecule has 3 heteroatoms. The molecule has 0 bridgehead atoms. The van der Waals surface area contributed by atoms with E-state index in [1.807, 2.05) is 24.4 Å². The first-order valence-electron chi connectivity index (χ1n) is 5.43. The summed E-state index contributed by atoms with van der Waals surface area (Å²) in [6.07, 6.45) is 14.6. The SMILES string of the molecule is C1=CC(N2C=CCN2c2ccccn2)C=C1. The van der Waals surface area contributed by atoms with Crippen molar-refractivity contribution in [3.05, 3.63) is 61.0 Å². The van der Waals surface area contributed by atoms with Gasteiger partial charge in [-0.2, -0.15) is 0 Å². The largest absolute Gasteiger partial charge is 0.280 e. The van der Waals surface area contributed by atoms with E-state index in [9.17, 15) is 0 Å². The molecule has 0 radical (unpaired) electrons. The summed E-state index contributed by atoms with van der Waals surface area (Å²) < 4.78 is 0. The lowest BCUT2D eigenvalue weighted by atomic mass is 10.3. The molecule has 1 aliphatic heterocycles. The fourth-order valence-electron chi connectivity index (χ4n) is 2.00. The Balaban J connectivity index is 1.86. The van der Waals surface area contributed by atoms with E-state index >= 15 is 0 Å². The molecule has 0 spiro atoms. The van der Waals surface area contributed by atoms with Crippen molar-refractivity contribution >= 4 is 5.82 Å². The van der Waals surface area contributed by atoms with E-state index in [0.717, 1.165) is 12.4 Å². The third-order valence-electron chi connectivity index (χ3n) is 2.76. The van der Waals surface area contributed by atoms with Gasteiger partial charge in [-0.05, 0) is 18.2 Å². The summed E-state index contributed by atoms with van der Waals surface area (Å²) in [6, 6.07) is 6.30. The fraction of sp³-hybridized carbons (Fsp3) is 0.154. The summed E-state index contributed by atoms with van der Waals surface area (Å²) >= 11 is 0. The Morgan fingerprint density at radius 2 is 2.06 bits per heavy atom. The van der Waals surface area contributed by atoms with Crippen LogP contribution in [0.4, 0.5) is 5.82 Å². The van der Waals surface area contributed by atoms with Gasteiger partial charge in [-0.25, -0.2) is 4.98 Å². The Hall–Kier alpha value is -2.03. The Morgan fingerprint density at radius 3 is 2.81 bits per heavy atom. The zero-order valence-electron chi connectivity index (χ0n) is 8.90. The minimum Gasteiger partial charge on any atom is -0.280 e. The van der Waals surface area contributed by atoms with Crippen molar-refractivity contribution < 1.29 is 0 Å². The molecule has 0 N–H and O–H groups in total. The average Bonchev–Trinajstić information content (AvgIpc) is 3.01. The molecule has 0 amide bonds. The van der Waals surface area contributed by atoms with Crippen molar-refractivity contribution in [3.63, 3.8) is 0 Å². The van der Waals surface area contributed by atoms with Crippen LogP contribution in [0.3, 0.4) is 0 Å². The van der Waals surface area contributed by atoms with Crippen molar-refractivity contribution in [3.8, 4) is 0 Å². The number of hydrazine groups is 1. The van der Waals surface area contributed by atoms with Gasteiger partial charge >= 0.3 is 0 Å². The Labute approximate surface area is 95.0 Å². The molecule has 1 aromatic heterocycles. The highest BCUT2D eigenvalue weighted by Crippen LogP contribution is 2.22. The first-order valence-corrected chi connectivity index (χ1v) is 5.43. The van der Waals surface area contributed by atoms with Crippen LogP contribution in [0, 0.1) is 0 Å². The van der Waals surface area contributed by atoms with Crippen LogP contribution in [0.2, 0.25) is 0 Å². The van der Waals surface area contributed by atoms with E-state index in [0.29, 0.717) is 6.04 Å². The van der Waals surface area contributed by atoms with Gasteiger partial charge in [-0.3, -0.25) is 10.0 Å². The lowest BCUT2D eigenvalue weighted by Gasteiger charge is -2.33. The summed E-state index contributed by atoms with van der Waals surface area (Å²) in [5.41, 5.74) is 0. The van der Waals surface area contributed by atoms with Gasteiger partial charge < -0.3 is 0 Å². The molecule has 0 atom stereocenters. The van der Waals surface area contributed by atoms with Gasteiger partial charge in [0.05, 0.1) is 12.6 Å². The van der Waals surface area contributed by atoms with Crippen LogP contribution in [0.25, 0.3) is 0 Å². The Kier molecular flexibility index (Phi) is 2.22. The zero-order valence-corrected chi connectivity index (χ0v) is 8.90. The molecule has 2 aliphatic rings. The van der Waals surface area contributed by atoms with Gasteiger partial charge in [0.1, 0.15) is 5.82 Å². The molecule has 0 aromatic carbocycles. The minimum absolute atomic E-state index is 0.320. The lowest BCUT2D eigenvalue weighted by molar-refractivity contribution is 0.358. The number of allylic oxidation sites excluding steroid dienone is 2. The second kappa shape index (κ2) is 3.85. The average molecular weight is 211 g/mol. The minimum atomic E-state index is 0.320. The van der Waals surface area contributed by atoms with E-state index in [-0.39, 0.29) is 0 Å². The molecule has 0 saturated heterocycles. The van der Waals surface area contributed by atoms with Crippen molar-refractivity contribution in [2.45, 2.75) is 6.04 Å². The van der Waals surface area contributed by atoms with Gasteiger partial charge in [-0.15, -0.1) is 0 Å². The van der Waals surface area contributed by atoms with Crippen molar-refractivity contribution in [1.82, 2.24) is 9.99 Å². The summed E-state index contributed by atoms with van der Waals surface area (Å²) in [5, 5.41) is 4.37. The first-order chi connectivity index (χ1) is 7.95. The number of anilines is 1. The molecule has 0 fully saturated rings. The van der Waals surface area contributed by atoms with Crippen molar-refractivity contribution in [1.29, 1.82) is 0 Å². The number of hydrogen-bond donors (Lipinski definition) is 0. The third-order valence-corrected chi connectivity index (χ3v) is 2.76. The topological polar surface area (TPSA) is 19.4 Å². The molecule has 16 heavy (non-hydrogen) atoms. The molecule has 80 valence electrons. The van der Waals surface area contributed by atoms with Gasteiger partial charge in [0.15, 0.2) is 0 Å². The van der Waals surface area contributed by atoms with E-state index in [4.69, 9.17) is 0 Å². The molecule has 1 aliphatic carbocycles. The monoisotopic (exact) mass is 211 g/mol. The number of hydrogen-bond acceptors (Lipinski definition) is 3. The number of pyridine rings is 1. The fourth-order valence-corrected chi connectivity index (χ4v) is 2.00. The molecule has 3 rings (SSSR count). The molecule has 1 aromatic rings. The Morgan fingerprint density at radius 1 is 1.19 bits per heavy atom. The standard InChI is InChI=1S/C13H13N3/c1-2-7-12(6-1)15-10-5-11-16(15)13-8-3-4-9-14-13/h1-10,12H,11H2. The maximum Gasteiger partial charge on any atom is 0.147 e. The predicted molar refractivity (Wildman–Crippen MR) is 64.6 cm³/mol. The van der Waals surface area contributed by atoms with Crippen LogP contribution < -0.4 is 5.01 Å². The van der Waals surface area contributed by atoms with Crippen LogP contribution in [0.1, 0.15) is 0 Å². The van der Waals surface area contributed by atoms with Crippen LogP contribution >= 0.6 is 0 Å². The van der Waals surface area contributed by atoms with Crippen LogP contribution in [0.15, 0.2) is 61.0 Å². The van der Waals surface area contributed by atoms with Gasteiger partial charge in [-0.1, -0.05) is 30.4 Å². The number of nitrogens with zero attached hydrogens (tertiary/aromatic N) is 3. The van der Waals surface area contributed by atoms with Gasteiger partial charge in [0.25, 0.3) is 0 Å². The van der Waals surface area contributed by atoms with E-state index < -0.39 is 0 Å². The normalized spacial score (nSPS) is 19.0. The second-order valence-electron chi connectivity index (χ2n) is 3.80. The highest BCUT2D eigenvalue weighted by atomic mass is 15.7. The lowest BCUT2D eigenvalue weighted by Crippen LogP contribution is -2.40. The molecule has 2 heterocycles. The Bertz CT molecular complexity index is 436. The number of rotatable bonds is 2. The smallest absolute Gasteiger partial charge is 0.147 e. The second-order valence-corrected chi connectivity index (χ2v) is 3.80. The van der Waals surface area contributed by atoms with Crippen molar-refractivity contribution in [2.75, 3.05) is 11.6 Å². The summed E-state index contributed by atoms with van der Waals surface area (Å²) in [5.74, 6) is 0.987. The summed E-state index contributed by atoms with van der Waals surface area (Å²) in [6.45, 7) is 0.884. The summed E-state index contributed by atoms with van der Waals surface area (Å²) in [4.78, 5) is 4.38. The highest BCUT2D eigenvalue weighted by Gasteiger charge is 2.23. The third kappa shape index (κ3) is 1.50. The predicted octanol–water partition coefficient (Wildman–Crippen LogP) is 2.13. The van der Waals surface area contributed by atoms with Crippen LogP contribution in [0.5, 0.6) is 0 Å². The van der Waals surface area contributed by atoms with Gasteiger partial charge in [0.2, 0.25) is 0 Å². The maximum absolute atomic E-state index is 4.38.